The zero-order chi connectivity index (χ0) is 18.8. The molecule has 27 heavy (non-hydrogen) atoms. The van der Waals surface area contributed by atoms with Crippen LogP contribution in [0.2, 0.25) is 0 Å². The monoisotopic (exact) mass is 381 g/mol. The quantitative estimate of drug-likeness (QED) is 0.707. The second kappa shape index (κ2) is 7.60. The van der Waals surface area contributed by atoms with Gasteiger partial charge in [-0.15, -0.1) is 11.3 Å². The van der Waals surface area contributed by atoms with Crippen molar-refractivity contribution in [2.75, 3.05) is 11.9 Å². The lowest BCUT2D eigenvalue weighted by Crippen LogP contribution is -2.14. The molecule has 7 heteroatoms. The number of hydrogen-bond acceptors (Lipinski definition) is 6. The van der Waals surface area contributed by atoms with Gasteiger partial charge in [0.05, 0.1) is 10.7 Å². The molecule has 0 atom stereocenters. The SMILES string of the molecule is Cc1nc(-c2ccc(NCCc3nc4c(s3)CCCC4)nc2)[nH]c(=O)c1C. The van der Waals surface area contributed by atoms with Crippen LogP contribution in [-0.4, -0.2) is 26.5 Å². The summed E-state index contributed by atoms with van der Waals surface area (Å²) in [4.78, 5) is 29.9. The van der Waals surface area contributed by atoms with Gasteiger partial charge in [-0.2, -0.15) is 0 Å². The minimum absolute atomic E-state index is 0.106. The van der Waals surface area contributed by atoms with Crippen LogP contribution in [0.15, 0.2) is 23.1 Å². The number of aryl methyl sites for hydroxylation is 3. The molecule has 0 bridgehead atoms. The average molecular weight is 382 g/mol. The van der Waals surface area contributed by atoms with E-state index < -0.39 is 0 Å². The smallest absolute Gasteiger partial charge is 0.254 e. The largest absolute Gasteiger partial charge is 0.370 e. The van der Waals surface area contributed by atoms with Crippen LogP contribution in [0, 0.1) is 13.8 Å². The second-order valence-electron chi connectivity index (χ2n) is 6.92. The third-order valence-electron chi connectivity index (χ3n) is 4.97. The number of aromatic nitrogens is 4. The third kappa shape index (κ3) is 3.93. The van der Waals surface area contributed by atoms with E-state index in [2.05, 4.69) is 20.3 Å². The summed E-state index contributed by atoms with van der Waals surface area (Å²) in [5.41, 5.74) is 3.40. The van der Waals surface area contributed by atoms with E-state index in [1.54, 1.807) is 13.1 Å². The van der Waals surface area contributed by atoms with E-state index >= 15 is 0 Å². The van der Waals surface area contributed by atoms with Gasteiger partial charge in [0, 0.05) is 40.9 Å². The maximum absolute atomic E-state index is 11.9. The summed E-state index contributed by atoms with van der Waals surface area (Å²) in [7, 11) is 0. The molecule has 0 saturated heterocycles. The fourth-order valence-electron chi connectivity index (χ4n) is 3.23. The highest BCUT2D eigenvalue weighted by atomic mass is 32.1. The highest BCUT2D eigenvalue weighted by Gasteiger charge is 2.14. The summed E-state index contributed by atoms with van der Waals surface area (Å²) in [6, 6.07) is 3.84. The second-order valence-corrected chi connectivity index (χ2v) is 8.09. The summed E-state index contributed by atoms with van der Waals surface area (Å²) >= 11 is 1.86. The van der Waals surface area contributed by atoms with E-state index in [0.29, 0.717) is 11.4 Å². The molecule has 0 saturated carbocycles. The molecular formula is C20H23N5OS. The van der Waals surface area contributed by atoms with Crippen LogP contribution in [-0.2, 0) is 19.3 Å². The maximum Gasteiger partial charge on any atom is 0.254 e. The standard InChI is InChI=1S/C20H23N5OS/c1-12-13(2)23-19(25-20(12)26)14-7-8-17(22-11-14)21-10-9-18-24-15-5-3-4-6-16(15)27-18/h7-8,11H,3-6,9-10H2,1-2H3,(H,21,22)(H,23,25,26). The topological polar surface area (TPSA) is 83.6 Å². The Balaban J connectivity index is 1.38. The number of anilines is 1. The molecule has 1 aliphatic rings. The lowest BCUT2D eigenvalue weighted by atomic mass is 10.0. The number of rotatable bonds is 5. The van der Waals surface area contributed by atoms with Crippen LogP contribution in [0.25, 0.3) is 11.4 Å². The van der Waals surface area contributed by atoms with Gasteiger partial charge in [0.1, 0.15) is 11.6 Å². The van der Waals surface area contributed by atoms with Crippen molar-refractivity contribution in [3.8, 4) is 11.4 Å². The minimum atomic E-state index is -0.106. The molecule has 6 nitrogen and oxygen atoms in total. The Morgan fingerprint density at radius 3 is 2.78 bits per heavy atom. The fraction of sp³-hybridized carbons (Fsp3) is 0.400. The summed E-state index contributed by atoms with van der Waals surface area (Å²) in [6.45, 7) is 4.42. The zero-order valence-electron chi connectivity index (χ0n) is 15.6. The van der Waals surface area contributed by atoms with Gasteiger partial charge >= 0.3 is 0 Å². The number of H-pyrrole nitrogens is 1. The summed E-state index contributed by atoms with van der Waals surface area (Å²) in [6.07, 6.45) is 7.54. The third-order valence-corrected chi connectivity index (χ3v) is 6.18. The van der Waals surface area contributed by atoms with E-state index in [9.17, 15) is 4.79 Å². The first-order chi connectivity index (χ1) is 13.1. The van der Waals surface area contributed by atoms with Crippen molar-refractivity contribution in [2.24, 2.45) is 0 Å². The van der Waals surface area contributed by atoms with Gasteiger partial charge < -0.3 is 10.3 Å². The number of pyridine rings is 1. The fourth-order valence-corrected chi connectivity index (χ4v) is 4.39. The van der Waals surface area contributed by atoms with E-state index in [4.69, 9.17) is 4.98 Å². The molecule has 0 aliphatic heterocycles. The lowest BCUT2D eigenvalue weighted by molar-refractivity contribution is 0.680. The summed E-state index contributed by atoms with van der Waals surface area (Å²) < 4.78 is 0. The van der Waals surface area contributed by atoms with Crippen molar-refractivity contribution in [2.45, 2.75) is 46.0 Å². The van der Waals surface area contributed by atoms with Gasteiger partial charge in [-0.05, 0) is 51.7 Å². The minimum Gasteiger partial charge on any atom is -0.370 e. The van der Waals surface area contributed by atoms with Crippen molar-refractivity contribution in [1.29, 1.82) is 0 Å². The lowest BCUT2D eigenvalue weighted by Gasteiger charge is -2.07. The van der Waals surface area contributed by atoms with Crippen molar-refractivity contribution in [3.05, 3.63) is 55.5 Å². The molecule has 3 aromatic heterocycles. The maximum atomic E-state index is 11.9. The first kappa shape index (κ1) is 17.9. The van der Waals surface area contributed by atoms with Gasteiger partial charge in [0.25, 0.3) is 5.56 Å². The van der Waals surface area contributed by atoms with Crippen LogP contribution in [0.5, 0.6) is 0 Å². The van der Waals surface area contributed by atoms with Crippen LogP contribution < -0.4 is 10.9 Å². The number of nitrogens with one attached hydrogen (secondary N) is 2. The Hall–Kier alpha value is -2.54. The molecule has 4 rings (SSSR count). The molecule has 0 unspecified atom stereocenters. The molecule has 0 radical (unpaired) electrons. The number of aromatic amines is 1. The van der Waals surface area contributed by atoms with E-state index in [1.165, 1.54) is 34.8 Å². The number of fused-ring (bicyclic) bond motifs is 1. The van der Waals surface area contributed by atoms with Crippen molar-refractivity contribution >= 4 is 17.2 Å². The molecule has 3 heterocycles. The van der Waals surface area contributed by atoms with Crippen LogP contribution in [0.1, 0.15) is 39.7 Å². The van der Waals surface area contributed by atoms with E-state index in [0.717, 1.165) is 36.5 Å². The van der Waals surface area contributed by atoms with E-state index in [1.807, 2.05) is 30.4 Å². The van der Waals surface area contributed by atoms with Gasteiger partial charge in [-0.1, -0.05) is 0 Å². The Morgan fingerprint density at radius 2 is 2.04 bits per heavy atom. The average Bonchev–Trinajstić information content (AvgIpc) is 3.09. The molecule has 1 aliphatic carbocycles. The zero-order valence-corrected chi connectivity index (χ0v) is 16.4. The summed E-state index contributed by atoms with van der Waals surface area (Å²) in [5, 5.41) is 4.56. The summed E-state index contributed by atoms with van der Waals surface area (Å²) in [5.74, 6) is 1.36. The van der Waals surface area contributed by atoms with Gasteiger partial charge in [0.15, 0.2) is 0 Å². The number of nitrogens with zero attached hydrogens (tertiary/aromatic N) is 3. The van der Waals surface area contributed by atoms with Gasteiger partial charge in [0.2, 0.25) is 0 Å². The molecule has 0 amide bonds. The first-order valence-corrected chi connectivity index (χ1v) is 10.2. The van der Waals surface area contributed by atoms with Crippen LogP contribution in [0.3, 0.4) is 0 Å². The van der Waals surface area contributed by atoms with Crippen molar-refractivity contribution < 1.29 is 0 Å². The van der Waals surface area contributed by atoms with Crippen LogP contribution >= 0.6 is 11.3 Å². The predicted octanol–water partition coefficient (Wildman–Crippen LogP) is 3.44. The Morgan fingerprint density at radius 1 is 1.19 bits per heavy atom. The molecule has 2 N–H and O–H groups in total. The highest BCUT2D eigenvalue weighted by molar-refractivity contribution is 7.11. The molecule has 0 spiro atoms. The highest BCUT2D eigenvalue weighted by Crippen LogP contribution is 2.26. The number of thiazole rings is 1. The van der Waals surface area contributed by atoms with Gasteiger partial charge in [-0.3, -0.25) is 4.79 Å². The van der Waals surface area contributed by atoms with Crippen molar-refractivity contribution in [3.63, 3.8) is 0 Å². The predicted molar refractivity (Wildman–Crippen MR) is 109 cm³/mol. The number of hydrogen-bond donors (Lipinski definition) is 2. The molecular weight excluding hydrogens is 358 g/mol. The molecule has 140 valence electrons. The van der Waals surface area contributed by atoms with Gasteiger partial charge in [-0.25, -0.2) is 15.0 Å². The Labute approximate surface area is 162 Å². The molecule has 0 aromatic carbocycles. The molecule has 0 fully saturated rings. The van der Waals surface area contributed by atoms with Crippen molar-refractivity contribution in [1.82, 2.24) is 19.9 Å². The van der Waals surface area contributed by atoms with E-state index in [-0.39, 0.29) is 5.56 Å². The van der Waals surface area contributed by atoms with Crippen LogP contribution in [0.4, 0.5) is 5.82 Å². The Kier molecular flexibility index (Phi) is 5.03. The normalized spacial score (nSPS) is 13.4. The molecule has 3 aromatic rings. The first-order valence-electron chi connectivity index (χ1n) is 9.35. The Bertz CT molecular complexity index is 983.